The third-order valence-electron chi connectivity index (χ3n) is 11.3. The van der Waals surface area contributed by atoms with Gasteiger partial charge in [0.05, 0.1) is 16.7 Å². The van der Waals surface area contributed by atoms with Crippen LogP contribution in [0.4, 0.5) is 0 Å². The zero-order chi connectivity index (χ0) is 38.2. The van der Waals surface area contributed by atoms with Gasteiger partial charge in [-0.2, -0.15) is 0 Å². The van der Waals surface area contributed by atoms with Crippen LogP contribution in [0.15, 0.2) is 192 Å². The van der Waals surface area contributed by atoms with Crippen molar-refractivity contribution >= 4 is 65.4 Å². The van der Waals surface area contributed by atoms with Gasteiger partial charge in [-0.3, -0.25) is 0 Å². The molecule has 4 heterocycles. The first-order chi connectivity index (χ1) is 28.8. The molecule has 8 aromatic carbocycles. The fourth-order valence-electron chi connectivity index (χ4n) is 8.59. The molecular formula is C52H31N5O. The van der Waals surface area contributed by atoms with Crippen molar-refractivity contribution in [2.24, 2.45) is 0 Å². The summed E-state index contributed by atoms with van der Waals surface area (Å²) in [4.78, 5) is 20.8. The van der Waals surface area contributed by atoms with E-state index in [2.05, 4.69) is 144 Å². The van der Waals surface area contributed by atoms with E-state index in [1.807, 2.05) is 48.5 Å². The number of pyridine rings is 1. The van der Waals surface area contributed by atoms with Crippen LogP contribution in [0.2, 0.25) is 0 Å². The fourth-order valence-corrected chi connectivity index (χ4v) is 8.59. The lowest BCUT2D eigenvalue weighted by Gasteiger charge is -2.14. The van der Waals surface area contributed by atoms with Crippen LogP contribution in [0.25, 0.3) is 117 Å². The largest absolute Gasteiger partial charge is 0.454 e. The summed E-state index contributed by atoms with van der Waals surface area (Å²) in [6.45, 7) is 0. The van der Waals surface area contributed by atoms with Crippen molar-refractivity contribution in [2.45, 2.75) is 0 Å². The number of hydrogen-bond donors (Lipinski definition) is 0. The minimum absolute atomic E-state index is 0.604. The number of rotatable bonds is 5. The Morgan fingerprint density at radius 2 is 0.845 bits per heavy atom. The molecule has 0 aliphatic rings. The zero-order valence-corrected chi connectivity index (χ0v) is 31.0. The summed E-state index contributed by atoms with van der Waals surface area (Å²) in [6, 6.07) is 65.0. The van der Waals surface area contributed by atoms with Crippen LogP contribution >= 0.6 is 0 Å². The van der Waals surface area contributed by atoms with Crippen LogP contribution in [-0.4, -0.2) is 24.5 Å². The molecule has 6 heteroatoms. The van der Waals surface area contributed by atoms with Crippen molar-refractivity contribution in [3.63, 3.8) is 0 Å². The Hall–Kier alpha value is -7.96. The summed E-state index contributed by atoms with van der Waals surface area (Å²) < 4.78 is 8.71. The zero-order valence-electron chi connectivity index (χ0n) is 31.0. The predicted molar refractivity (Wildman–Crippen MR) is 236 cm³/mol. The molecule has 0 unspecified atom stereocenters. The highest BCUT2D eigenvalue weighted by Crippen LogP contribution is 2.41. The average molecular weight is 742 g/mol. The first-order valence-corrected chi connectivity index (χ1v) is 19.4. The second-order valence-corrected chi connectivity index (χ2v) is 14.6. The van der Waals surface area contributed by atoms with Gasteiger partial charge < -0.3 is 8.98 Å². The van der Waals surface area contributed by atoms with E-state index >= 15 is 0 Å². The minimum atomic E-state index is 0.604. The second kappa shape index (κ2) is 12.8. The molecule has 0 fully saturated rings. The number of para-hydroxylation sites is 3. The number of aromatic nitrogens is 5. The molecule has 0 saturated heterocycles. The Balaban J connectivity index is 1.03. The topological polar surface area (TPSA) is 69.6 Å². The van der Waals surface area contributed by atoms with Gasteiger partial charge in [0.25, 0.3) is 0 Å². The lowest BCUT2D eigenvalue weighted by molar-refractivity contribution is 0.672. The Labute approximate surface area is 332 Å². The second-order valence-electron chi connectivity index (χ2n) is 14.6. The molecule has 0 bridgehead atoms. The summed E-state index contributed by atoms with van der Waals surface area (Å²) in [5.41, 5.74) is 10.6. The SMILES string of the molecule is c1ccc(-c2nc(-c3ccc(-n4c5ccccc5c5ccccc54)cc3)nc(-c3ccc(-c4nc5c6ccccc6oc5c5ccccc45)c4ccccc34)n2)cc1. The normalized spacial score (nSPS) is 11.8. The number of benzene rings is 8. The van der Waals surface area contributed by atoms with Crippen LogP contribution in [0.1, 0.15) is 0 Å². The highest BCUT2D eigenvalue weighted by molar-refractivity contribution is 6.18. The van der Waals surface area contributed by atoms with Crippen molar-refractivity contribution < 1.29 is 4.42 Å². The van der Waals surface area contributed by atoms with Crippen molar-refractivity contribution in [3.05, 3.63) is 188 Å². The maximum Gasteiger partial charge on any atom is 0.164 e. The Kier molecular flexibility index (Phi) is 7.13. The quantitative estimate of drug-likeness (QED) is 0.176. The van der Waals surface area contributed by atoms with Gasteiger partial charge in [0.1, 0.15) is 11.1 Å². The molecule has 58 heavy (non-hydrogen) atoms. The van der Waals surface area contributed by atoms with Gasteiger partial charge in [-0.25, -0.2) is 19.9 Å². The van der Waals surface area contributed by atoms with Gasteiger partial charge in [0, 0.05) is 54.9 Å². The molecule has 270 valence electrons. The van der Waals surface area contributed by atoms with Crippen LogP contribution < -0.4 is 0 Å². The molecule has 0 saturated carbocycles. The summed E-state index contributed by atoms with van der Waals surface area (Å²) in [5.74, 6) is 1.83. The third kappa shape index (κ3) is 4.98. The minimum Gasteiger partial charge on any atom is -0.454 e. The standard InChI is InChI=1S/C52H31N5O/c1-2-14-32(15-3-1)50-54-51(33-26-28-34(29-27-33)57-44-23-11-8-18-37(44)38-19-9-12-24-45(38)57)56-52(55-50)42-31-30-40(35-16-4-5-17-36(35)42)47-39-20-6-7-21-41(39)49-48(53-47)43-22-10-13-25-46(43)58-49/h1-31H. The Morgan fingerprint density at radius 1 is 0.345 bits per heavy atom. The van der Waals surface area contributed by atoms with E-state index < -0.39 is 0 Å². The maximum absolute atomic E-state index is 6.39. The van der Waals surface area contributed by atoms with Gasteiger partial charge in [0.2, 0.25) is 0 Å². The molecule has 4 aromatic heterocycles. The number of hydrogen-bond acceptors (Lipinski definition) is 5. The lowest BCUT2D eigenvalue weighted by atomic mass is 9.94. The fraction of sp³-hybridized carbons (Fsp3) is 0. The lowest BCUT2D eigenvalue weighted by Crippen LogP contribution is -2.01. The third-order valence-corrected chi connectivity index (χ3v) is 11.3. The Bertz CT molecular complexity index is 3510. The van der Waals surface area contributed by atoms with Gasteiger partial charge >= 0.3 is 0 Å². The summed E-state index contributed by atoms with van der Waals surface area (Å²) in [5, 5.41) is 7.61. The molecule has 6 nitrogen and oxygen atoms in total. The van der Waals surface area contributed by atoms with Crippen molar-refractivity contribution in [3.8, 4) is 51.1 Å². The van der Waals surface area contributed by atoms with Crippen molar-refractivity contribution in [1.82, 2.24) is 24.5 Å². The van der Waals surface area contributed by atoms with Crippen molar-refractivity contribution in [1.29, 1.82) is 0 Å². The molecule has 0 amide bonds. The van der Waals surface area contributed by atoms with E-state index in [4.69, 9.17) is 24.4 Å². The van der Waals surface area contributed by atoms with Crippen LogP contribution in [-0.2, 0) is 0 Å². The molecule has 0 radical (unpaired) electrons. The highest BCUT2D eigenvalue weighted by Gasteiger charge is 2.21. The van der Waals surface area contributed by atoms with E-state index in [1.165, 1.54) is 21.8 Å². The van der Waals surface area contributed by atoms with Crippen LogP contribution in [0.5, 0.6) is 0 Å². The van der Waals surface area contributed by atoms with Gasteiger partial charge in [-0.1, -0.05) is 133 Å². The van der Waals surface area contributed by atoms with E-state index in [-0.39, 0.29) is 0 Å². The molecule has 0 aliphatic carbocycles. The summed E-state index contributed by atoms with van der Waals surface area (Å²) in [6.07, 6.45) is 0. The predicted octanol–water partition coefficient (Wildman–Crippen LogP) is 13.2. The van der Waals surface area contributed by atoms with Crippen molar-refractivity contribution in [2.75, 3.05) is 0 Å². The molecule has 12 aromatic rings. The van der Waals surface area contributed by atoms with Crippen LogP contribution in [0, 0.1) is 0 Å². The molecule has 0 aliphatic heterocycles. The molecule has 12 rings (SSSR count). The molecule has 0 spiro atoms. The Morgan fingerprint density at radius 3 is 1.53 bits per heavy atom. The van der Waals surface area contributed by atoms with E-state index in [9.17, 15) is 0 Å². The monoisotopic (exact) mass is 741 g/mol. The molecular weight excluding hydrogens is 711 g/mol. The molecule has 0 atom stereocenters. The van der Waals surface area contributed by atoms with Gasteiger partial charge in [-0.05, 0) is 65.4 Å². The van der Waals surface area contributed by atoms with Gasteiger partial charge in [-0.15, -0.1) is 0 Å². The number of fused-ring (bicyclic) bond motifs is 9. The average Bonchev–Trinajstić information content (AvgIpc) is 3.85. The highest BCUT2D eigenvalue weighted by atomic mass is 16.3. The number of furan rings is 1. The first kappa shape index (κ1) is 32.3. The van der Waals surface area contributed by atoms with E-state index in [1.54, 1.807) is 0 Å². The smallest absolute Gasteiger partial charge is 0.164 e. The van der Waals surface area contributed by atoms with Gasteiger partial charge in [0.15, 0.2) is 23.1 Å². The molecule has 0 N–H and O–H groups in total. The number of nitrogens with zero attached hydrogens (tertiary/aromatic N) is 5. The summed E-state index contributed by atoms with van der Waals surface area (Å²) in [7, 11) is 0. The first-order valence-electron chi connectivity index (χ1n) is 19.4. The van der Waals surface area contributed by atoms with E-state index in [0.29, 0.717) is 17.5 Å². The maximum atomic E-state index is 6.39. The van der Waals surface area contributed by atoms with Crippen LogP contribution in [0.3, 0.4) is 0 Å². The van der Waals surface area contributed by atoms with E-state index in [0.717, 1.165) is 77.2 Å². The summed E-state index contributed by atoms with van der Waals surface area (Å²) >= 11 is 0.